The molecule has 1 amide bonds. The van der Waals surface area contributed by atoms with Crippen LogP contribution in [0.1, 0.15) is 29.0 Å². The SMILES string of the molecule is Cc1nn(-c2ccccc2)c2c1[C@H](c1ccccc1F)S[C@H](C)C(=O)N2. The van der Waals surface area contributed by atoms with E-state index in [9.17, 15) is 9.18 Å². The number of hydrogen-bond donors (Lipinski definition) is 1. The number of hydrogen-bond acceptors (Lipinski definition) is 3. The van der Waals surface area contributed by atoms with Gasteiger partial charge in [0, 0.05) is 11.1 Å². The van der Waals surface area contributed by atoms with E-state index in [2.05, 4.69) is 10.4 Å². The smallest absolute Gasteiger partial charge is 0.238 e. The molecule has 0 unspecified atom stereocenters. The van der Waals surface area contributed by atoms with Gasteiger partial charge in [-0.25, -0.2) is 9.07 Å². The molecule has 1 aliphatic heterocycles. The third kappa shape index (κ3) is 2.80. The average molecular weight is 367 g/mol. The molecule has 2 atom stereocenters. The maximum atomic E-state index is 14.5. The van der Waals surface area contributed by atoms with Crippen LogP contribution in [0.3, 0.4) is 0 Å². The highest BCUT2D eigenvalue weighted by molar-refractivity contribution is 8.01. The van der Waals surface area contributed by atoms with Crippen molar-refractivity contribution in [2.45, 2.75) is 24.3 Å². The van der Waals surface area contributed by atoms with Crippen molar-refractivity contribution in [3.05, 3.63) is 77.2 Å². The summed E-state index contributed by atoms with van der Waals surface area (Å²) in [7, 11) is 0. The summed E-state index contributed by atoms with van der Waals surface area (Å²) in [5, 5.41) is 7.02. The quantitative estimate of drug-likeness (QED) is 0.726. The van der Waals surface area contributed by atoms with Gasteiger partial charge in [0.25, 0.3) is 0 Å². The second kappa shape index (κ2) is 6.61. The Kier molecular flexibility index (Phi) is 4.28. The highest BCUT2D eigenvalue weighted by atomic mass is 32.2. The number of carbonyl (C=O) groups excluding carboxylic acids is 1. The van der Waals surface area contributed by atoms with Gasteiger partial charge in [0.1, 0.15) is 11.6 Å². The number of rotatable bonds is 2. The second-order valence-corrected chi connectivity index (χ2v) is 7.71. The Morgan fingerprint density at radius 2 is 1.81 bits per heavy atom. The Bertz CT molecular complexity index is 970. The van der Waals surface area contributed by atoms with Gasteiger partial charge >= 0.3 is 0 Å². The number of thioether (sulfide) groups is 1. The molecule has 0 spiro atoms. The number of fused-ring (bicyclic) bond motifs is 1. The van der Waals surface area contributed by atoms with Gasteiger partial charge in [-0.2, -0.15) is 5.10 Å². The zero-order valence-electron chi connectivity index (χ0n) is 14.4. The van der Waals surface area contributed by atoms with E-state index >= 15 is 0 Å². The van der Waals surface area contributed by atoms with E-state index in [0.717, 1.165) is 16.9 Å². The van der Waals surface area contributed by atoms with Gasteiger partial charge in [0.05, 0.1) is 21.9 Å². The van der Waals surface area contributed by atoms with Gasteiger partial charge in [-0.15, -0.1) is 11.8 Å². The molecule has 2 heterocycles. The van der Waals surface area contributed by atoms with Crippen LogP contribution in [0.15, 0.2) is 54.6 Å². The molecule has 26 heavy (non-hydrogen) atoms. The number of para-hydroxylation sites is 1. The van der Waals surface area contributed by atoms with Crippen molar-refractivity contribution in [2.24, 2.45) is 0 Å². The van der Waals surface area contributed by atoms with Crippen LogP contribution in [-0.4, -0.2) is 20.9 Å². The minimum absolute atomic E-state index is 0.104. The maximum Gasteiger partial charge on any atom is 0.238 e. The fraction of sp³-hybridized carbons (Fsp3) is 0.200. The van der Waals surface area contributed by atoms with Gasteiger partial charge in [0.15, 0.2) is 0 Å². The number of anilines is 1. The number of amides is 1. The second-order valence-electron chi connectivity index (χ2n) is 6.26. The Morgan fingerprint density at radius 1 is 1.12 bits per heavy atom. The molecular formula is C20H18FN3OS. The van der Waals surface area contributed by atoms with Crippen LogP contribution in [0.5, 0.6) is 0 Å². The normalized spacial score (nSPS) is 19.6. The van der Waals surface area contributed by atoms with Crippen molar-refractivity contribution >= 4 is 23.5 Å². The fourth-order valence-electron chi connectivity index (χ4n) is 3.20. The predicted octanol–water partition coefficient (Wildman–Crippen LogP) is 4.48. The van der Waals surface area contributed by atoms with E-state index < -0.39 is 0 Å². The van der Waals surface area contributed by atoms with Crippen LogP contribution in [-0.2, 0) is 4.79 Å². The Morgan fingerprint density at radius 3 is 2.54 bits per heavy atom. The number of halogens is 1. The monoisotopic (exact) mass is 367 g/mol. The van der Waals surface area contributed by atoms with Crippen LogP contribution < -0.4 is 5.32 Å². The van der Waals surface area contributed by atoms with Gasteiger partial charge in [0.2, 0.25) is 5.91 Å². The fourth-order valence-corrected chi connectivity index (χ4v) is 4.55. The summed E-state index contributed by atoms with van der Waals surface area (Å²) in [6.45, 7) is 3.74. The highest BCUT2D eigenvalue weighted by Gasteiger charge is 2.35. The lowest BCUT2D eigenvalue weighted by atomic mass is 10.0. The Hall–Kier alpha value is -2.60. The molecular weight excluding hydrogens is 349 g/mol. The summed E-state index contributed by atoms with van der Waals surface area (Å²) in [6, 6.07) is 16.4. The Balaban J connectivity index is 1.94. The van der Waals surface area contributed by atoms with Crippen LogP contribution in [0, 0.1) is 12.7 Å². The number of nitrogens with one attached hydrogen (secondary N) is 1. The molecule has 0 fully saturated rings. The lowest BCUT2D eigenvalue weighted by Gasteiger charge is -2.18. The third-order valence-electron chi connectivity index (χ3n) is 4.51. The molecule has 1 aromatic heterocycles. The first kappa shape index (κ1) is 16.8. The minimum Gasteiger partial charge on any atom is -0.309 e. The van der Waals surface area contributed by atoms with Crippen LogP contribution in [0.25, 0.3) is 5.69 Å². The van der Waals surface area contributed by atoms with Crippen LogP contribution >= 0.6 is 11.8 Å². The lowest BCUT2D eigenvalue weighted by molar-refractivity contribution is -0.115. The van der Waals surface area contributed by atoms with Crippen molar-refractivity contribution in [3.8, 4) is 5.69 Å². The summed E-state index contributed by atoms with van der Waals surface area (Å²) in [5.41, 5.74) is 3.04. The average Bonchev–Trinajstić information content (AvgIpc) is 2.89. The van der Waals surface area contributed by atoms with E-state index in [4.69, 9.17) is 0 Å². The molecule has 1 N–H and O–H groups in total. The van der Waals surface area contributed by atoms with Gasteiger partial charge < -0.3 is 5.32 Å². The lowest BCUT2D eigenvalue weighted by Crippen LogP contribution is -2.22. The molecule has 3 aromatic rings. The zero-order valence-corrected chi connectivity index (χ0v) is 15.3. The molecule has 0 bridgehead atoms. The number of aromatic nitrogens is 2. The zero-order chi connectivity index (χ0) is 18.3. The largest absolute Gasteiger partial charge is 0.309 e. The molecule has 4 nitrogen and oxygen atoms in total. The highest BCUT2D eigenvalue weighted by Crippen LogP contribution is 2.46. The first-order chi connectivity index (χ1) is 12.6. The minimum atomic E-state index is -0.310. The summed E-state index contributed by atoms with van der Waals surface area (Å²) in [4.78, 5) is 12.6. The molecule has 0 saturated heterocycles. The van der Waals surface area contributed by atoms with Crippen molar-refractivity contribution in [3.63, 3.8) is 0 Å². The number of carbonyl (C=O) groups is 1. The van der Waals surface area contributed by atoms with Crippen LogP contribution in [0.4, 0.5) is 10.2 Å². The van der Waals surface area contributed by atoms with Crippen molar-refractivity contribution in [1.29, 1.82) is 0 Å². The van der Waals surface area contributed by atoms with Crippen LogP contribution in [0.2, 0.25) is 0 Å². The van der Waals surface area contributed by atoms with Crippen molar-refractivity contribution in [1.82, 2.24) is 9.78 Å². The van der Waals surface area contributed by atoms with E-state index in [1.54, 1.807) is 16.8 Å². The molecule has 0 saturated carbocycles. The molecule has 4 rings (SSSR count). The third-order valence-corrected chi connectivity index (χ3v) is 5.89. The number of aryl methyl sites for hydroxylation is 1. The topological polar surface area (TPSA) is 46.9 Å². The summed E-state index contributed by atoms with van der Waals surface area (Å²) in [6.07, 6.45) is 0. The molecule has 2 aromatic carbocycles. The first-order valence-electron chi connectivity index (χ1n) is 8.42. The summed E-state index contributed by atoms with van der Waals surface area (Å²) in [5.74, 6) is 0.236. The number of benzene rings is 2. The van der Waals surface area contributed by atoms with Gasteiger partial charge in [-0.05, 0) is 32.0 Å². The van der Waals surface area contributed by atoms with E-state index in [1.807, 2.05) is 50.2 Å². The van der Waals surface area contributed by atoms with E-state index in [-0.39, 0.29) is 22.2 Å². The predicted molar refractivity (Wildman–Crippen MR) is 102 cm³/mol. The summed E-state index contributed by atoms with van der Waals surface area (Å²) >= 11 is 1.44. The van der Waals surface area contributed by atoms with Gasteiger partial charge in [-0.3, -0.25) is 4.79 Å². The van der Waals surface area contributed by atoms with Crippen molar-refractivity contribution < 1.29 is 9.18 Å². The Labute approximate surface area is 155 Å². The molecule has 0 radical (unpaired) electrons. The molecule has 0 aliphatic carbocycles. The first-order valence-corrected chi connectivity index (χ1v) is 9.36. The maximum absolute atomic E-state index is 14.5. The standard InChI is InChI=1S/C20H18FN3OS/c1-12-17-18(15-10-6-7-11-16(15)21)26-13(2)20(25)22-19(17)24(23-12)14-8-4-3-5-9-14/h3-11,13,18H,1-2H3,(H,22,25)/t13-,18+/m1/s1. The number of nitrogens with zero attached hydrogens (tertiary/aromatic N) is 2. The van der Waals surface area contributed by atoms with E-state index in [0.29, 0.717) is 11.4 Å². The summed E-state index contributed by atoms with van der Waals surface area (Å²) < 4.78 is 16.3. The molecule has 132 valence electrons. The van der Waals surface area contributed by atoms with Gasteiger partial charge in [-0.1, -0.05) is 36.4 Å². The molecule has 6 heteroatoms. The van der Waals surface area contributed by atoms with Crippen molar-refractivity contribution in [2.75, 3.05) is 5.32 Å². The molecule has 1 aliphatic rings. The van der Waals surface area contributed by atoms with E-state index in [1.165, 1.54) is 17.8 Å².